The number of carbonyl (C=O) groups excluding carboxylic acids is 2. The van der Waals surface area contributed by atoms with E-state index < -0.39 is 11.6 Å². The van der Waals surface area contributed by atoms with E-state index in [-0.39, 0.29) is 29.4 Å². The minimum Gasteiger partial charge on any atom is -0.444 e. The number of aryl methyl sites for hydroxylation is 1. The van der Waals surface area contributed by atoms with Crippen molar-refractivity contribution in [2.24, 2.45) is 0 Å². The first-order chi connectivity index (χ1) is 19.1. The van der Waals surface area contributed by atoms with Gasteiger partial charge in [-0.2, -0.15) is 0 Å². The van der Waals surface area contributed by atoms with E-state index in [1.54, 1.807) is 27.0 Å². The number of nitrogens with one attached hydrogen (secondary N) is 2. The molecule has 3 aromatic rings. The molecule has 5 rings (SSSR count). The van der Waals surface area contributed by atoms with E-state index in [1.807, 2.05) is 57.2 Å². The van der Waals surface area contributed by atoms with Crippen molar-refractivity contribution in [2.45, 2.75) is 90.7 Å². The number of thiophene rings is 1. The molecular formula is C30H37N5O4S. The van der Waals surface area contributed by atoms with Gasteiger partial charge in [-0.15, -0.1) is 11.3 Å². The third-order valence-electron chi connectivity index (χ3n) is 7.18. The number of rotatable bonds is 8. The van der Waals surface area contributed by atoms with Gasteiger partial charge in [0.25, 0.3) is 5.56 Å². The maximum atomic E-state index is 13.5. The standard InChI is InChI=1S/C30H37N5O4S/c1-5-9-23(19-10-7-6-8-11-19)33-26-28(37)35-21(15-31-26)12-13-24(35)27(36)32-16-22-14-20-17-34(18-25(20)40-22)29(38)39-30(2,3)4/h6-8,10-11,14-15,23-24H,5,9,12-13,16-18H2,1-4H3,(H,31,33)(H,32,36)/t23-,24+/m1/s1. The number of ether oxygens (including phenoxy) is 1. The quantitative estimate of drug-likeness (QED) is 0.385. The number of nitrogens with zero attached hydrogens (tertiary/aromatic N) is 3. The van der Waals surface area contributed by atoms with Crippen molar-refractivity contribution in [3.63, 3.8) is 0 Å². The molecule has 2 aromatic heterocycles. The van der Waals surface area contributed by atoms with Crippen LogP contribution in [0, 0.1) is 0 Å². The van der Waals surface area contributed by atoms with Gasteiger partial charge >= 0.3 is 6.09 Å². The lowest BCUT2D eigenvalue weighted by Gasteiger charge is -2.24. The van der Waals surface area contributed by atoms with E-state index >= 15 is 0 Å². The fourth-order valence-corrected chi connectivity index (χ4v) is 6.45. The Labute approximate surface area is 238 Å². The van der Waals surface area contributed by atoms with Crippen LogP contribution in [0.15, 0.2) is 47.4 Å². The van der Waals surface area contributed by atoms with Gasteiger partial charge in [0.15, 0.2) is 5.82 Å². The van der Waals surface area contributed by atoms with Crippen LogP contribution in [0.1, 0.15) is 85.6 Å². The van der Waals surface area contributed by atoms with E-state index in [1.165, 1.54) is 0 Å². The van der Waals surface area contributed by atoms with Crippen molar-refractivity contribution in [1.82, 2.24) is 19.8 Å². The van der Waals surface area contributed by atoms with Crippen molar-refractivity contribution in [1.29, 1.82) is 0 Å². The number of benzene rings is 1. The number of anilines is 1. The Morgan fingerprint density at radius 1 is 1.20 bits per heavy atom. The zero-order valence-corrected chi connectivity index (χ0v) is 24.3. The summed E-state index contributed by atoms with van der Waals surface area (Å²) in [6.07, 6.45) is 4.40. The maximum Gasteiger partial charge on any atom is 0.410 e. The van der Waals surface area contributed by atoms with Gasteiger partial charge in [0.2, 0.25) is 5.91 Å². The third-order valence-corrected chi connectivity index (χ3v) is 8.35. The lowest BCUT2D eigenvalue weighted by atomic mass is 10.0. The van der Waals surface area contributed by atoms with E-state index in [4.69, 9.17) is 4.74 Å². The summed E-state index contributed by atoms with van der Waals surface area (Å²) in [7, 11) is 0. The van der Waals surface area contributed by atoms with Gasteiger partial charge in [-0.25, -0.2) is 9.78 Å². The number of hydrogen-bond donors (Lipinski definition) is 2. The van der Waals surface area contributed by atoms with Gasteiger partial charge in [-0.3, -0.25) is 19.1 Å². The molecule has 0 saturated carbocycles. The first kappa shape index (κ1) is 27.9. The molecule has 0 radical (unpaired) electrons. The fourth-order valence-electron chi connectivity index (χ4n) is 5.32. The Bertz CT molecular complexity index is 1420. The topological polar surface area (TPSA) is 106 Å². The summed E-state index contributed by atoms with van der Waals surface area (Å²) in [6, 6.07) is 11.5. The van der Waals surface area contributed by atoms with Gasteiger partial charge in [0.05, 0.1) is 25.7 Å². The molecule has 2 N–H and O–H groups in total. The van der Waals surface area contributed by atoms with Crippen LogP contribution in [0.3, 0.4) is 0 Å². The summed E-state index contributed by atoms with van der Waals surface area (Å²) in [5.74, 6) is 0.102. The first-order valence-corrected chi connectivity index (χ1v) is 14.7. The molecule has 0 saturated heterocycles. The molecule has 0 unspecified atom stereocenters. The second-order valence-corrected chi connectivity index (χ2v) is 12.7. The minimum absolute atomic E-state index is 0.0363. The average Bonchev–Trinajstić information content (AvgIpc) is 3.62. The molecule has 2 amide bonds. The number of amides is 2. The molecule has 0 aliphatic carbocycles. The van der Waals surface area contributed by atoms with Crippen LogP contribution in [0.2, 0.25) is 0 Å². The van der Waals surface area contributed by atoms with E-state index in [9.17, 15) is 14.4 Å². The van der Waals surface area contributed by atoms with E-state index in [2.05, 4.69) is 22.5 Å². The Morgan fingerprint density at radius 3 is 2.67 bits per heavy atom. The lowest BCUT2D eigenvalue weighted by molar-refractivity contribution is -0.124. The highest BCUT2D eigenvalue weighted by Crippen LogP contribution is 2.32. The Morgan fingerprint density at radius 2 is 1.98 bits per heavy atom. The SMILES string of the molecule is CCC[C@@H](Nc1ncc2n(c1=O)[C@H](C(=O)NCc1cc3c(s1)CN(C(=O)OC(C)(C)C)C3)CC2)c1ccccc1. The predicted molar refractivity (Wildman–Crippen MR) is 155 cm³/mol. The molecule has 0 fully saturated rings. The summed E-state index contributed by atoms with van der Waals surface area (Å²) in [5, 5.41) is 6.38. The monoisotopic (exact) mass is 563 g/mol. The van der Waals surface area contributed by atoms with Crippen LogP contribution in [-0.2, 0) is 35.6 Å². The van der Waals surface area contributed by atoms with Crippen molar-refractivity contribution in [3.8, 4) is 0 Å². The third kappa shape index (κ3) is 6.06. The number of hydrogen-bond acceptors (Lipinski definition) is 7. The van der Waals surface area contributed by atoms with Gasteiger partial charge in [0, 0.05) is 21.6 Å². The summed E-state index contributed by atoms with van der Waals surface area (Å²) in [4.78, 5) is 47.4. The molecule has 40 heavy (non-hydrogen) atoms. The maximum absolute atomic E-state index is 13.5. The second kappa shape index (κ2) is 11.4. The molecule has 10 heteroatoms. The van der Waals surface area contributed by atoms with Crippen molar-refractivity contribution < 1.29 is 14.3 Å². The molecule has 2 atom stereocenters. The zero-order valence-electron chi connectivity index (χ0n) is 23.5. The van der Waals surface area contributed by atoms with Gasteiger partial charge in [-0.1, -0.05) is 43.7 Å². The van der Waals surface area contributed by atoms with Crippen molar-refractivity contribution in [3.05, 3.63) is 79.5 Å². The Balaban J connectivity index is 1.23. The smallest absolute Gasteiger partial charge is 0.410 e. The van der Waals surface area contributed by atoms with Gasteiger partial charge in [-0.05, 0) is 57.2 Å². The summed E-state index contributed by atoms with van der Waals surface area (Å²) in [6.45, 7) is 9.08. The number of aromatic nitrogens is 2. The predicted octanol–water partition coefficient (Wildman–Crippen LogP) is 5.31. The van der Waals surface area contributed by atoms with Crippen LogP contribution in [-0.4, -0.2) is 32.1 Å². The molecule has 212 valence electrons. The van der Waals surface area contributed by atoms with Crippen LogP contribution < -0.4 is 16.2 Å². The normalized spacial score (nSPS) is 16.8. The fraction of sp³-hybridized carbons (Fsp3) is 0.467. The number of carbonyl (C=O) groups is 2. The minimum atomic E-state index is -0.568. The molecule has 0 bridgehead atoms. The molecule has 1 aromatic carbocycles. The van der Waals surface area contributed by atoms with Crippen LogP contribution in [0.25, 0.3) is 0 Å². The van der Waals surface area contributed by atoms with Crippen molar-refractivity contribution in [2.75, 3.05) is 5.32 Å². The van der Waals surface area contributed by atoms with Crippen LogP contribution in [0.5, 0.6) is 0 Å². The molecule has 0 spiro atoms. The van der Waals surface area contributed by atoms with Crippen molar-refractivity contribution >= 4 is 29.2 Å². The highest BCUT2D eigenvalue weighted by atomic mass is 32.1. The highest BCUT2D eigenvalue weighted by Gasteiger charge is 2.32. The first-order valence-electron chi connectivity index (χ1n) is 13.9. The number of fused-ring (bicyclic) bond motifs is 2. The van der Waals surface area contributed by atoms with Gasteiger partial charge in [0.1, 0.15) is 11.6 Å². The van der Waals surface area contributed by atoms with Crippen LogP contribution in [0.4, 0.5) is 10.6 Å². The molecule has 9 nitrogen and oxygen atoms in total. The average molecular weight is 564 g/mol. The van der Waals surface area contributed by atoms with E-state index in [0.29, 0.717) is 32.5 Å². The van der Waals surface area contributed by atoms with Crippen LogP contribution >= 0.6 is 11.3 Å². The van der Waals surface area contributed by atoms with E-state index in [0.717, 1.165) is 39.4 Å². The molecule has 2 aliphatic heterocycles. The molecule has 2 aliphatic rings. The highest BCUT2D eigenvalue weighted by molar-refractivity contribution is 7.12. The summed E-state index contributed by atoms with van der Waals surface area (Å²) >= 11 is 1.59. The summed E-state index contributed by atoms with van der Waals surface area (Å²) < 4.78 is 7.09. The zero-order chi connectivity index (χ0) is 28.4. The summed E-state index contributed by atoms with van der Waals surface area (Å²) in [5.41, 5.74) is 2.17. The molecule has 4 heterocycles. The Hall–Kier alpha value is -3.66. The second-order valence-electron chi connectivity index (χ2n) is 11.4. The van der Waals surface area contributed by atoms with Gasteiger partial charge < -0.3 is 15.4 Å². The Kier molecular flexibility index (Phi) is 7.98. The lowest BCUT2D eigenvalue weighted by Crippen LogP contribution is -2.36. The molecular weight excluding hydrogens is 526 g/mol. The largest absolute Gasteiger partial charge is 0.444 e.